The summed E-state index contributed by atoms with van der Waals surface area (Å²) < 4.78 is 41.0. The van der Waals surface area contributed by atoms with Gasteiger partial charge in [-0.1, -0.05) is 12.1 Å². The highest BCUT2D eigenvalue weighted by atomic mass is 19.4. The first-order valence-corrected chi connectivity index (χ1v) is 8.12. The summed E-state index contributed by atoms with van der Waals surface area (Å²) in [4.78, 5) is 18.1. The van der Waals surface area contributed by atoms with E-state index in [0.29, 0.717) is 5.52 Å². The van der Waals surface area contributed by atoms with Gasteiger partial charge >= 0.3 is 6.18 Å². The Morgan fingerprint density at radius 1 is 1.21 bits per heavy atom. The van der Waals surface area contributed by atoms with Gasteiger partial charge in [-0.15, -0.1) is 0 Å². The molecule has 2 aromatic rings. The van der Waals surface area contributed by atoms with Gasteiger partial charge in [-0.3, -0.25) is 4.79 Å². The summed E-state index contributed by atoms with van der Waals surface area (Å²) in [5.41, 5.74) is 0.577. The minimum atomic E-state index is -4.60. The van der Waals surface area contributed by atoms with Crippen LogP contribution in [0.5, 0.6) is 0 Å². The van der Waals surface area contributed by atoms with Crippen LogP contribution in [0.3, 0.4) is 0 Å². The van der Waals surface area contributed by atoms with Crippen LogP contribution in [0.1, 0.15) is 38.9 Å². The number of alkyl halides is 3. The van der Waals surface area contributed by atoms with Crippen LogP contribution in [0.4, 0.5) is 13.2 Å². The van der Waals surface area contributed by atoms with E-state index in [9.17, 15) is 18.0 Å². The highest BCUT2D eigenvalue weighted by Gasteiger charge is 2.39. The molecule has 0 spiro atoms. The number of nitrogens with zero attached hydrogens (tertiary/aromatic N) is 3. The molecule has 0 bridgehead atoms. The molecule has 2 atom stereocenters. The number of amides is 1. The normalized spacial score (nSPS) is 22.1. The van der Waals surface area contributed by atoms with Crippen LogP contribution < -0.4 is 0 Å². The zero-order valence-corrected chi connectivity index (χ0v) is 13.7. The predicted octanol–water partition coefficient (Wildman–Crippen LogP) is 3.84. The molecule has 3 rings (SSSR count). The molecule has 0 unspecified atom stereocenters. The van der Waals surface area contributed by atoms with Crippen LogP contribution in [0.2, 0.25) is 0 Å². The van der Waals surface area contributed by atoms with Gasteiger partial charge in [0.15, 0.2) is 0 Å². The number of carbonyl (C=O) groups excluding carboxylic acids is 1. The van der Waals surface area contributed by atoms with Gasteiger partial charge in [0.25, 0.3) is 0 Å². The van der Waals surface area contributed by atoms with Gasteiger partial charge in [-0.2, -0.15) is 13.2 Å². The molecule has 0 radical (unpaired) electrons. The maximum Gasteiger partial charge on any atom is 0.449 e. The highest BCUT2D eigenvalue weighted by molar-refractivity contribution is 5.81. The Hall–Kier alpha value is -2.05. The fourth-order valence-corrected chi connectivity index (χ4v) is 3.58. The molecule has 4 nitrogen and oxygen atoms in total. The summed E-state index contributed by atoms with van der Waals surface area (Å²) in [5, 5.41) is 0. The number of aromatic nitrogens is 2. The number of fused-ring (bicyclic) bond motifs is 1. The van der Waals surface area contributed by atoms with Crippen LogP contribution >= 0.6 is 0 Å². The second-order valence-electron chi connectivity index (χ2n) is 6.44. The zero-order chi connectivity index (χ0) is 17.5. The summed E-state index contributed by atoms with van der Waals surface area (Å²) in [6.45, 7) is 3.55. The Balaban J connectivity index is 1.98. The molecule has 0 saturated carbocycles. The number of rotatable bonds is 2. The van der Waals surface area contributed by atoms with E-state index in [4.69, 9.17) is 0 Å². The van der Waals surface area contributed by atoms with E-state index in [1.807, 2.05) is 13.8 Å². The SMILES string of the molecule is C[C@H]1CCC[C@H](C)N1C(=O)Cn1c(C(F)(F)F)nc2ccccc21. The lowest BCUT2D eigenvalue weighted by molar-refractivity contribution is -0.148. The minimum absolute atomic E-state index is 0.0466. The third kappa shape index (κ3) is 2.99. The molecule has 1 amide bonds. The maximum atomic E-state index is 13.3. The van der Waals surface area contributed by atoms with Gasteiger partial charge in [0.05, 0.1) is 11.0 Å². The van der Waals surface area contributed by atoms with E-state index < -0.39 is 12.0 Å². The summed E-state index contributed by atoms with van der Waals surface area (Å²) in [6, 6.07) is 6.47. The lowest BCUT2D eigenvalue weighted by atomic mass is 9.97. The quantitative estimate of drug-likeness (QED) is 0.834. The van der Waals surface area contributed by atoms with Crippen LogP contribution in [-0.4, -0.2) is 32.4 Å². The smallest absolute Gasteiger partial charge is 0.336 e. The van der Waals surface area contributed by atoms with E-state index in [-0.39, 0.29) is 30.1 Å². The van der Waals surface area contributed by atoms with Gasteiger partial charge in [0, 0.05) is 12.1 Å². The summed E-state index contributed by atoms with van der Waals surface area (Å²) in [6.07, 6.45) is -1.80. The lowest BCUT2D eigenvalue weighted by Gasteiger charge is -2.39. The summed E-state index contributed by atoms with van der Waals surface area (Å²) in [5.74, 6) is -1.31. The molecule has 0 aliphatic carbocycles. The largest absolute Gasteiger partial charge is 0.449 e. The molecule has 0 N–H and O–H groups in total. The molecular weight excluding hydrogens is 319 g/mol. The summed E-state index contributed by atoms with van der Waals surface area (Å²) >= 11 is 0. The number of likely N-dealkylation sites (tertiary alicyclic amines) is 1. The second kappa shape index (κ2) is 6.11. The van der Waals surface area contributed by atoms with Crippen molar-refractivity contribution in [2.24, 2.45) is 0 Å². The molecular formula is C17H20F3N3O. The molecule has 1 fully saturated rings. The molecule has 1 saturated heterocycles. The fourth-order valence-electron chi connectivity index (χ4n) is 3.58. The van der Waals surface area contributed by atoms with E-state index in [0.717, 1.165) is 23.8 Å². The molecule has 24 heavy (non-hydrogen) atoms. The molecule has 1 aromatic carbocycles. The van der Waals surface area contributed by atoms with Gasteiger partial charge in [-0.25, -0.2) is 4.98 Å². The number of hydrogen-bond donors (Lipinski definition) is 0. The average molecular weight is 339 g/mol. The van der Waals surface area contributed by atoms with Gasteiger partial charge in [0.1, 0.15) is 6.54 Å². The van der Waals surface area contributed by atoms with Crippen molar-refractivity contribution < 1.29 is 18.0 Å². The number of benzene rings is 1. The predicted molar refractivity (Wildman–Crippen MR) is 84.4 cm³/mol. The third-order valence-electron chi connectivity index (χ3n) is 4.68. The minimum Gasteiger partial charge on any atom is -0.336 e. The van der Waals surface area contributed by atoms with E-state index in [2.05, 4.69) is 4.98 Å². The Labute approximate surface area is 138 Å². The molecule has 7 heteroatoms. The highest BCUT2D eigenvalue weighted by Crippen LogP contribution is 2.32. The van der Waals surface area contributed by atoms with Crippen LogP contribution in [0.25, 0.3) is 11.0 Å². The molecule has 1 aliphatic heterocycles. The molecule has 1 aromatic heterocycles. The first-order valence-electron chi connectivity index (χ1n) is 8.12. The van der Waals surface area contributed by atoms with Crippen molar-refractivity contribution in [1.82, 2.24) is 14.5 Å². The number of piperidine rings is 1. The number of para-hydroxylation sites is 2. The Kier molecular flexibility index (Phi) is 4.27. The molecule has 1 aliphatic rings. The number of hydrogen-bond acceptors (Lipinski definition) is 2. The number of halogens is 3. The topological polar surface area (TPSA) is 38.1 Å². The standard InChI is InChI=1S/C17H20F3N3O/c1-11-6-5-7-12(2)23(11)15(24)10-22-14-9-4-3-8-13(14)21-16(22)17(18,19)20/h3-4,8-9,11-12H,5-7,10H2,1-2H3/t11-,12-/m0/s1. The van der Waals surface area contributed by atoms with Crippen molar-refractivity contribution >= 4 is 16.9 Å². The third-order valence-corrected chi connectivity index (χ3v) is 4.68. The Morgan fingerprint density at radius 2 is 1.83 bits per heavy atom. The Bertz CT molecular complexity index is 743. The van der Waals surface area contributed by atoms with Gasteiger partial charge in [-0.05, 0) is 45.2 Å². The first-order chi connectivity index (χ1) is 11.3. The molecule has 2 heterocycles. The lowest BCUT2D eigenvalue weighted by Crippen LogP contribution is -2.48. The molecule has 130 valence electrons. The van der Waals surface area contributed by atoms with Crippen LogP contribution in [0.15, 0.2) is 24.3 Å². The van der Waals surface area contributed by atoms with Crippen molar-refractivity contribution in [3.05, 3.63) is 30.1 Å². The van der Waals surface area contributed by atoms with Gasteiger partial charge in [0.2, 0.25) is 11.7 Å². The monoisotopic (exact) mass is 339 g/mol. The average Bonchev–Trinajstić information content (AvgIpc) is 2.86. The maximum absolute atomic E-state index is 13.3. The van der Waals surface area contributed by atoms with Gasteiger partial charge < -0.3 is 9.47 Å². The van der Waals surface area contributed by atoms with Crippen molar-refractivity contribution in [2.45, 2.75) is 57.9 Å². The van der Waals surface area contributed by atoms with E-state index in [1.165, 1.54) is 6.07 Å². The summed E-state index contributed by atoms with van der Waals surface area (Å²) in [7, 11) is 0. The van der Waals surface area contributed by atoms with Crippen LogP contribution in [-0.2, 0) is 17.5 Å². The van der Waals surface area contributed by atoms with Crippen molar-refractivity contribution in [1.29, 1.82) is 0 Å². The van der Waals surface area contributed by atoms with Crippen molar-refractivity contribution in [3.8, 4) is 0 Å². The second-order valence-corrected chi connectivity index (χ2v) is 6.44. The van der Waals surface area contributed by atoms with Crippen LogP contribution in [0, 0.1) is 0 Å². The first kappa shape index (κ1) is 16.8. The van der Waals surface area contributed by atoms with Crippen molar-refractivity contribution in [3.63, 3.8) is 0 Å². The zero-order valence-electron chi connectivity index (χ0n) is 13.7. The fraction of sp³-hybridized carbons (Fsp3) is 0.529. The number of imidazole rings is 1. The van der Waals surface area contributed by atoms with Crippen molar-refractivity contribution in [2.75, 3.05) is 0 Å². The number of carbonyl (C=O) groups is 1. The Morgan fingerprint density at radius 3 is 2.46 bits per heavy atom. The van der Waals surface area contributed by atoms with E-state index >= 15 is 0 Å². The van der Waals surface area contributed by atoms with E-state index in [1.54, 1.807) is 23.1 Å².